The lowest BCUT2D eigenvalue weighted by Crippen LogP contribution is -2.36. The molecular formula is C14H28N4. The summed E-state index contributed by atoms with van der Waals surface area (Å²) >= 11 is 0. The van der Waals surface area contributed by atoms with Crippen LogP contribution < -0.4 is 5.73 Å². The van der Waals surface area contributed by atoms with Gasteiger partial charge in [-0.25, -0.2) is 0 Å². The molecule has 2 atom stereocenters. The van der Waals surface area contributed by atoms with Crippen molar-refractivity contribution < 1.29 is 0 Å². The lowest BCUT2D eigenvalue weighted by atomic mass is 10.0. The van der Waals surface area contributed by atoms with Gasteiger partial charge < -0.3 is 5.73 Å². The fourth-order valence-electron chi connectivity index (χ4n) is 2.42. The summed E-state index contributed by atoms with van der Waals surface area (Å²) in [7, 11) is 1.97. The maximum atomic E-state index is 6.00. The quantitative estimate of drug-likeness (QED) is 0.808. The molecule has 0 saturated carbocycles. The van der Waals surface area contributed by atoms with Crippen LogP contribution in [0.5, 0.6) is 0 Å². The minimum Gasteiger partial charge on any atom is -0.329 e. The Hall–Kier alpha value is -0.870. The van der Waals surface area contributed by atoms with E-state index < -0.39 is 0 Å². The summed E-state index contributed by atoms with van der Waals surface area (Å²) in [5.41, 5.74) is 8.36. The zero-order valence-corrected chi connectivity index (χ0v) is 12.5. The second-order valence-electron chi connectivity index (χ2n) is 5.20. The SMILES string of the molecule is CCC(C)CN(CC)C(CN)c1cn(C)nc1C. The third-order valence-corrected chi connectivity index (χ3v) is 3.72. The second-order valence-corrected chi connectivity index (χ2v) is 5.20. The van der Waals surface area contributed by atoms with Crippen molar-refractivity contribution in [2.45, 2.75) is 40.2 Å². The Labute approximate surface area is 111 Å². The largest absolute Gasteiger partial charge is 0.329 e. The van der Waals surface area contributed by atoms with Gasteiger partial charge in [0.2, 0.25) is 0 Å². The molecule has 0 aliphatic carbocycles. The molecule has 1 heterocycles. The fraction of sp³-hybridized carbons (Fsp3) is 0.786. The van der Waals surface area contributed by atoms with Crippen molar-refractivity contribution in [3.8, 4) is 0 Å². The van der Waals surface area contributed by atoms with E-state index in [-0.39, 0.29) is 6.04 Å². The summed E-state index contributed by atoms with van der Waals surface area (Å²) in [5, 5.41) is 4.43. The molecule has 1 rings (SSSR count). The molecule has 2 unspecified atom stereocenters. The monoisotopic (exact) mass is 252 g/mol. The highest BCUT2D eigenvalue weighted by molar-refractivity contribution is 5.20. The molecule has 0 fully saturated rings. The van der Waals surface area contributed by atoms with Crippen LogP contribution in [0, 0.1) is 12.8 Å². The van der Waals surface area contributed by atoms with Gasteiger partial charge in [-0.3, -0.25) is 9.58 Å². The molecule has 4 nitrogen and oxygen atoms in total. The minimum absolute atomic E-state index is 0.290. The van der Waals surface area contributed by atoms with Gasteiger partial charge in [-0.05, 0) is 19.4 Å². The molecule has 0 aromatic carbocycles. The average molecular weight is 252 g/mol. The number of rotatable bonds is 7. The highest BCUT2D eigenvalue weighted by atomic mass is 15.3. The molecule has 0 saturated heterocycles. The number of nitrogens with two attached hydrogens (primary N) is 1. The summed E-state index contributed by atoms with van der Waals surface area (Å²) in [5.74, 6) is 0.705. The summed E-state index contributed by atoms with van der Waals surface area (Å²) in [6.07, 6.45) is 3.31. The minimum atomic E-state index is 0.290. The molecule has 0 aliphatic heterocycles. The molecule has 0 radical (unpaired) electrons. The van der Waals surface area contributed by atoms with Crippen LogP contribution in [0.1, 0.15) is 44.5 Å². The molecule has 18 heavy (non-hydrogen) atoms. The number of aromatic nitrogens is 2. The predicted molar refractivity (Wildman–Crippen MR) is 76.4 cm³/mol. The van der Waals surface area contributed by atoms with Gasteiger partial charge >= 0.3 is 0 Å². The molecule has 0 aliphatic rings. The Kier molecular flexibility index (Phi) is 5.82. The number of likely N-dealkylation sites (N-methyl/N-ethyl adjacent to an activating group) is 1. The van der Waals surface area contributed by atoms with Crippen molar-refractivity contribution in [1.29, 1.82) is 0 Å². The number of nitrogens with zero attached hydrogens (tertiary/aromatic N) is 3. The van der Waals surface area contributed by atoms with E-state index in [1.807, 2.05) is 11.7 Å². The maximum Gasteiger partial charge on any atom is 0.0641 e. The Morgan fingerprint density at radius 2 is 2.11 bits per heavy atom. The van der Waals surface area contributed by atoms with Gasteiger partial charge in [0.05, 0.1) is 11.7 Å². The van der Waals surface area contributed by atoms with Gasteiger partial charge in [-0.2, -0.15) is 5.10 Å². The van der Waals surface area contributed by atoms with Crippen molar-refractivity contribution in [3.05, 3.63) is 17.5 Å². The van der Waals surface area contributed by atoms with Gasteiger partial charge in [0.1, 0.15) is 0 Å². The normalized spacial score (nSPS) is 15.1. The topological polar surface area (TPSA) is 47.1 Å². The van der Waals surface area contributed by atoms with Crippen LogP contribution in [0.2, 0.25) is 0 Å². The first kappa shape index (κ1) is 15.2. The van der Waals surface area contributed by atoms with Gasteiger partial charge in [0, 0.05) is 31.9 Å². The third-order valence-electron chi connectivity index (χ3n) is 3.72. The maximum absolute atomic E-state index is 6.00. The van der Waals surface area contributed by atoms with Crippen molar-refractivity contribution >= 4 is 0 Å². The third kappa shape index (κ3) is 3.56. The highest BCUT2D eigenvalue weighted by Crippen LogP contribution is 2.23. The molecule has 4 heteroatoms. The second kappa shape index (κ2) is 6.90. The van der Waals surface area contributed by atoms with Gasteiger partial charge in [0.15, 0.2) is 0 Å². The summed E-state index contributed by atoms with van der Waals surface area (Å²) < 4.78 is 1.88. The van der Waals surface area contributed by atoms with E-state index in [1.165, 1.54) is 12.0 Å². The summed E-state index contributed by atoms with van der Waals surface area (Å²) in [4.78, 5) is 2.47. The van der Waals surface area contributed by atoms with Crippen LogP contribution in [-0.2, 0) is 7.05 Å². The smallest absolute Gasteiger partial charge is 0.0641 e. The van der Waals surface area contributed by atoms with E-state index in [4.69, 9.17) is 5.73 Å². The fourth-order valence-corrected chi connectivity index (χ4v) is 2.42. The zero-order chi connectivity index (χ0) is 13.7. The van der Waals surface area contributed by atoms with Gasteiger partial charge in [-0.15, -0.1) is 0 Å². The van der Waals surface area contributed by atoms with Crippen LogP contribution in [0.15, 0.2) is 6.20 Å². The zero-order valence-electron chi connectivity index (χ0n) is 12.5. The molecule has 0 spiro atoms. The van der Waals surface area contributed by atoms with Crippen LogP contribution in [0.4, 0.5) is 0 Å². The lowest BCUT2D eigenvalue weighted by Gasteiger charge is -2.31. The molecule has 0 amide bonds. The average Bonchev–Trinajstić information content (AvgIpc) is 2.68. The summed E-state index contributed by atoms with van der Waals surface area (Å²) in [6.45, 7) is 11.6. The molecule has 2 N–H and O–H groups in total. The Morgan fingerprint density at radius 1 is 1.44 bits per heavy atom. The summed E-state index contributed by atoms with van der Waals surface area (Å²) in [6, 6.07) is 0.290. The van der Waals surface area contributed by atoms with Crippen LogP contribution in [0.3, 0.4) is 0 Å². The van der Waals surface area contributed by atoms with Gasteiger partial charge in [0.25, 0.3) is 0 Å². The number of aryl methyl sites for hydroxylation is 2. The Balaban J connectivity index is 2.89. The first-order chi connectivity index (χ1) is 8.53. The first-order valence-electron chi connectivity index (χ1n) is 6.97. The first-order valence-corrected chi connectivity index (χ1v) is 6.97. The number of hydrogen-bond donors (Lipinski definition) is 1. The van der Waals surface area contributed by atoms with E-state index in [1.54, 1.807) is 0 Å². The highest BCUT2D eigenvalue weighted by Gasteiger charge is 2.22. The standard InChI is InChI=1S/C14H28N4/c1-6-11(3)9-18(7-2)14(8-15)13-10-17(5)16-12(13)4/h10-11,14H,6-9,15H2,1-5H3. The molecule has 1 aromatic heterocycles. The van der Waals surface area contributed by atoms with Gasteiger partial charge in [-0.1, -0.05) is 27.2 Å². The predicted octanol–water partition coefficient (Wildman–Crippen LogP) is 2.10. The van der Waals surface area contributed by atoms with Crippen molar-refractivity contribution in [3.63, 3.8) is 0 Å². The van der Waals surface area contributed by atoms with E-state index in [2.05, 4.69) is 43.9 Å². The van der Waals surface area contributed by atoms with E-state index in [0.29, 0.717) is 12.5 Å². The van der Waals surface area contributed by atoms with E-state index in [9.17, 15) is 0 Å². The van der Waals surface area contributed by atoms with Crippen LogP contribution in [-0.4, -0.2) is 34.3 Å². The molecule has 1 aromatic rings. The Bertz CT molecular complexity index is 359. The molecule has 104 valence electrons. The van der Waals surface area contributed by atoms with Crippen LogP contribution in [0.25, 0.3) is 0 Å². The van der Waals surface area contributed by atoms with Crippen molar-refractivity contribution in [1.82, 2.24) is 14.7 Å². The van der Waals surface area contributed by atoms with E-state index >= 15 is 0 Å². The lowest BCUT2D eigenvalue weighted by molar-refractivity contribution is 0.182. The van der Waals surface area contributed by atoms with Crippen molar-refractivity contribution in [2.75, 3.05) is 19.6 Å². The van der Waals surface area contributed by atoms with Crippen LogP contribution >= 0.6 is 0 Å². The molecule has 0 bridgehead atoms. The number of hydrogen-bond acceptors (Lipinski definition) is 3. The molecular weight excluding hydrogens is 224 g/mol. The van der Waals surface area contributed by atoms with E-state index in [0.717, 1.165) is 18.8 Å². The Morgan fingerprint density at radius 3 is 2.50 bits per heavy atom. The van der Waals surface area contributed by atoms with Crippen molar-refractivity contribution in [2.24, 2.45) is 18.7 Å².